The van der Waals surface area contributed by atoms with Gasteiger partial charge in [0, 0.05) is 25.2 Å². The standard InChI is InChI=1S/C15H19N5O3.C7H7NO.C4H10/c1-9-5-11(6-16)20(7-9)12(21)8-19(2)15(22)14-18-17-13(23-14)10-3-4-10;9-6-8-7-4-2-1-3-5-7;1-4(2)3/h9-11H,3-5,7-8H2,1-2H3;1-6H,(H,8,9);4H,1-3H3. The summed E-state index contributed by atoms with van der Waals surface area (Å²) in [5.74, 6) is 1.09. The fraction of sp³-hybridized carbons (Fsp3) is 0.538. The Morgan fingerprint density at radius 1 is 1.25 bits per heavy atom. The Morgan fingerprint density at radius 2 is 1.89 bits per heavy atom. The number of anilines is 1. The number of benzene rings is 1. The van der Waals surface area contributed by atoms with Gasteiger partial charge in [0.25, 0.3) is 0 Å². The molecule has 1 aliphatic heterocycles. The van der Waals surface area contributed by atoms with Crippen LogP contribution in [0.4, 0.5) is 5.69 Å². The van der Waals surface area contributed by atoms with E-state index in [1.54, 1.807) is 0 Å². The van der Waals surface area contributed by atoms with E-state index in [9.17, 15) is 14.4 Å². The predicted octanol–water partition coefficient (Wildman–Crippen LogP) is 3.70. The van der Waals surface area contributed by atoms with E-state index in [4.69, 9.17) is 9.68 Å². The molecule has 2 aromatic rings. The maximum absolute atomic E-state index is 12.3. The lowest BCUT2D eigenvalue weighted by Gasteiger charge is -2.23. The lowest BCUT2D eigenvalue weighted by atomic mass is 10.1. The molecule has 0 radical (unpaired) electrons. The highest BCUT2D eigenvalue weighted by Gasteiger charge is 2.35. The van der Waals surface area contributed by atoms with Crippen molar-refractivity contribution in [3.63, 3.8) is 0 Å². The summed E-state index contributed by atoms with van der Waals surface area (Å²) in [4.78, 5) is 37.3. The topological polar surface area (TPSA) is 132 Å². The molecule has 2 atom stereocenters. The Morgan fingerprint density at radius 3 is 2.44 bits per heavy atom. The number of aromatic nitrogens is 2. The highest BCUT2D eigenvalue weighted by atomic mass is 16.4. The number of hydrogen-bond donors (Lipinski definition) is 1. The lowest BCUT2D eigenvalue weighted by Crippen LogP contribution is -2.43. The molecular weight excluding hydrogens is 460 g/mol. The van der Waals surface area contributed by atoms with Crippen molar-refractivity contribution in [2.24, 2.45) is 11.8 Å². The third-order valence-corrected chi connectivity index (χ3v) is 5.25. The SMILES string of the molecule is CC(C)C.CC1CC(C#N)N(C(=O)CN(C)C(=O)c2nnc(C3CC3)o2)C1.O=CNc1ccccc1. The number of likely N-dealkylation sites (N-methyl/N-ethyl adjacent to an activating group) is 1. The van der Waals surface area contributed by atoms with E-state index in [2.05, 4.69) is 42.4 Å². The lowest BCUT2D eigenvalue weighted by molar-refractivity contribution is -0.131. The Kier molecular flexibility index (Phi) is 11.1. The van der Waals surface area contributed by atoms with Crippen LogP contribution in [0.5, 0.6) is 0 Å². The van der Waals surface area contributed by atoms with E-state index < -0.39 is 11.9 Å². The van der Waals surface area contributed by atoms with E-state index in [0.29, 0.717) is 31.2 Å². The fourth-order valence-corrected chi connectivity index (χ4v) is 3.39. The zero-order valence-electron chi connectivity index (χ0n) is 21.7. The number of nitrogens with zero attached hydrogens (tertiary/aromatic N) is 5. The zero-order chi connectivity index (χ0) is 26.7. The molecule has 1 aliphatic carbocycles. The largest absolute Gasteiger partial charge is 0.417 e. The first-order valence-electron chi connectivity index (χ1n) is 12.2. The molecule has 1 saturated heterocycles. The van der Waals surface area contributed by atoms with Gasteiger partial charge in [-0.1, -0.05) is 45.9 Å². The van der Waals surface area contributed by atoms with Crippen molar-refractivity contribution in [1.29, 1.82) is 5.26 Å². The van der Waals surface area contributed by atoms with Gasteiger partial charge in [0.1, 0.15) is 6.04 Å². The van der Waals surface area contributed by atoms with Crippen LogP contribution in [0.25, 0.3) is 0 Å². The van der Waals surface area contributed by atoms with Gasteiger partial charge < -0.3 is 19.5 Å². The molecule has 0 spiro atoms. The first-order chi connectivity index (χ1) is 17.2. The summed E-state index contributed by atoms with van der Waals surface area (Å²) in [5, 5.41) is 19.3. The van der Waals surface area contributed by atoms with Crippen molar-refractivity contribution in [1.82, 2.24) is 20.0 Å². The summed E-state index contributed by atoms with van der Waals surface area (Å²) in [6.45, 7) is 8.95. The molecule has 1 aromatic heterocycles. The average molecular weight is 497 g/mol. The molecule has 1 aromatic carbocycles. The first-order valence-corrected chi connectivity index (χ1v) is 12.2. The van der Waals surface area contributed by atoms with Crippen LogP contribution >= 0.6 is 0 Å². The molecule has 1 N–H and O–H groups in total. The van der Waals surface area contributed by atoms with Crippen LogP contribution in [0, 0.1) is 23.2 Å². The summed E-state index contributed by atoms with van der Waals surface area (Å²) in [7, 11) is 1.52. The average Bonchev–Trinajstić information content (AvgIpc) is 3.44. The molecule has 2 heterocycles. The molecule has 10 nitrogen and oxygen atoms in total. The van der Waals surface area contributed by atoms with Crippen molar-refractivity contribution in [3.05, 3.63) is 42.1 Å². The number of para-hydroxylation sites is 1. The minimum atomic E-state index is -0.474. The van der Waals surface area contributed by atoms with Crippen LogP contribution in [0.1, 0.15) is 69.5 Å². The van der Waals surface area contributed by atoms with Crippen LogP contribution in [0.2, 0.25) is 0 Å². The first kappa shape index (κ1) is 28.5. The zero-order valence-corrected chi connectivity index (χ0v) is 21.7. The number of carbonyl (C=O) groups is 3. The minimum Gasteiger partial charge on any atom is -0.417 e. The van der Waals surface area contributed by atoms with E-state index in [1.807, 2.05) is 37.3 Å². The van der Waals surface area contributed by atoms with Gasteiger partial charge in [-0.25, -0.2) is 0 Å². The highest BCUT2D eigenvalue weighted by Crippen LogP contribution is 2.39. The molecule has 36 heavy (non-hydrogen) atoms. The summed E-state index contributed by atoms with van der Waals surface area (Å²) >= 11 is 0. The Labute approximate surface area is 212 Å². The van der Waals surface area contributed by atoms with Crippen LogP contribution in [-0.4, -0.2) is 64.4 Å². The van der Waals surface area contributed by atoms with Crippen molar-refractivity contribution >= 4 is 23.9 Å². The monoisotopic (exact) mass is 496 g/mol. The second-order valence-electron chi connectivity index (χ2n) is 9.77. The number of hydrogen-bond acceptors (Lipinski definition) is 7. The van der Waals surface area contributed by atoms with Crippen molar-refractivity contribution in [2.45, 2.75) is 58.9 Å². The Bertz CT molecular complexity index is 1030. The molecule has 194 valence electrons. The van der Waals surface area contributed by atoms with E-state index in [-0.39, 0.29) is 24.3 Å². The van der Waals surface area contributed by atoms with Crippen molar-refractivity contribution in [3.8, 4) is 6.07 Å². The molecule has 2 unspecified atom stereocenters. The van der Waals surface area contributed by atoms with Crippen LogP contribution in [-0.2, 0) is 9.59 Å². The van der Waals surface area contributed by atoms with Crippen LogP contribution < -0.4 is 5.32 Å². The molecular formula is C26H36N6O4. The number of rotatable bonds is 6. The highest BCUT2D eigenvalue weighted by molar-refractivity contribution is 5.92. The summed E-state index contributed by atoms with van der Waals surface area (Å²) < 4.78 is 5.37. The second-order valence-corrected chi connectivity index (χ2v) is 9.77. The molecule has 2 fully saturated rings. The van der Waals surface area contributed by atoms with Gasteiger partial charge in [0.2, 0.25) is 18.2 Å². The van der Waals surface area contributed by atoms with E-state index in [0.717, 1.165) is 24.4 Å². The third-order valence-electron chi connectivity index (χ3n) is 5.25. The van der Waals surface area contributed by atoms with Gasteiger partial charge in [-0.15, -0.1) is 10.2 Å². The fourth-order valence-electron chi connectivity index (χ4n) is 3.39. The predicted molar refractivity (Wildman–Crippen MR) is 135 cm³/mol. The van der Waals surface area contributed by atoms with Gasteiger partial charge in [0.15, 0.2) is 0 Å². The van der Waals surface area contributed by atoms with Crippen LogP contribution in [0.15, 0.2) is 34.7 Å². The maximum atomic E-state index is 12.3. The molecule has 3 amide bonds. The third kappa shape index (κ3) is 9.13. The quantitative estimate of drug-likeness (QED) is 0.603. The number of carbonyl (C=O) groups excluding carboxylic acids is 3. The number of nitriles is 1. The van der Waals surface area contributed by atoms with Gasteiger partial charge in [-0.2, -0.15) is 5.26 Å². The maximum Gasteiger partial charge on any atom is 0.311 e. The summed E-state index contributed by atoms with van der Waals surface area (Å²) in [5.41, 5.74) is 0.826. The summed E-state index contributed by atoms with van der Waals surface area (Å²) in [6, 6.07) is 11.0. The molecule has 0 bridgehead atoms. The normalized spacial score (nSPS) is 18.2. The minimum absolute atomic E-state index is 0.0891. The number of nitrogens with one attached hydrogen (secondary N) is 1. The molecule has 2 aliphatic rings. The van der Waals surface area contributed by atoms with Gasteiger partial charge in [-0.3, -0.25) is 14.4 Å². The Hall–Kier alpha value is -3.74. The molecule has 4 rings (SSSR count). The smallest absolute Gasteiger partial charge is 0.311 e. The molecule has 1 saturated carbocycles. The Balaban J connectivity index is 0.000000290. The molecule has 10 heteroatoms. The van der Waals surface area contributed by atoms with Gasteiger partial charge in [0.05, 0.1) is 12.6 Å². The number of amides is 3. The number of likely N-dealkylation sites (tertiary alicyclic amines) is 1. The summed E-state index contributed by atoms with van der Waals surface area (Å²) in [6.07, 6.45) is 3.35. The second kappa shape index (κ2) is 14.0. The van der Waals surface area contributed by atoms with E-state index in [1.165, 1.54) is 16.8 Å². The van der Waals surface area contributed by atoms with E-state index >= 15 is 0 Å². The van der Waals surface area contributed by atoms with Gasteiger partial charge in [-0.05, 0) is 43.2 Å². The van der Waals surface area contributed by atoms with Gasteiger partial charge >= 0.3 is 11.8 Å². The van der Waals surface area contributed by atoms with Crippen molar-refractivity contribution in [2.75, 3.05) is 25.5 Å². The van der Waals surface area contributed by atoms with Crippen LogP contribution in [0.3, 0.4) is 0 Å². The van der Waals surface area contributed by atoms with Crippen molar-refractivity contribution < 1.29 is 18.8 Å².